The molecule has 2 heterocycles. The Morgan fingerprint density at radius 1 is 1.43 bits per heavy atom. The van der Waals surface area contributed by atoms with Crippen LogP contribution in [0.5, 0.6) is 0 Å². The standard InChI is InChI=1S/C18H27N3O2/c1-14(11-20-18(22)10-17-13-23-9-7-19-17)21-8-6-15-4-2-3-5-16(15)12-21/h2-5,14,17,19H,6-13H2,1H3,(H,20,22). The van der Waals surface area contributed by atoms with Crippen LogP contribution in [-0.4, -0.2) is 55.7 Å². The van der Waals surface area contributed by atoms with E-state index >= 15 is 0 Å². The van der Waals surface area contributed by atoms with Gasteiger partial charge in [0, 0.05) is 44.7 Å². The molecule has 1 aromatic carbocycles. The summed E-state index contributed by atoms with van der Waals surface area (Å²) in [6.45, 7) is 7.14. The number of fused-ring (bicyclic) bond motifs is 1. The van der Waals surface area contributed by atoms with E-state index in [1.165, 1.54) is 11.1 Å². The largest absolute Gasteiger partial charge is 0.378 e. The number of carbonyl (C=O) groups excluding carboxylic acids is 1. The van der Waals surface area contributed by atoms with Crippen LogP contribution in [0.25, 0.3) is 0 Å². The number of benzene rings is 1. The molecule has 1 fully saturated rings. The summed E-state index contributed by atoms with van der Waals surface area (Å²) in [7, 11) is 0. The van der Waals surface area contributed by atoms with Crippen molar-refractivity contribution in [2.75, 3.05) is 32.8 Å². The normalized spacial score (nSPS) is 23.1. The third kappa shape index (κ3) is 4.53. The lowest BCUT2D eigenvalue weighted by atomic mass is 9.99. The van der Waals surface area contributed by atoms with Gasteiger partial charge in [-0.25, -0.2) is 0 Å². The van der Waals surface area contributed by atoms with E-state index in [1.54, 1.807) is 0 Å². The highest BCUT2D eigenvalue weighted by molar-refractivity contribution is 5.76. The van der Waals surface area contributed by atoms with Crippen molar-refractivity contribution in [3.63, 3.8) is 0 Å². The van der Waals surface area contributed by atoms with Crippen LogP contribution in [0, 0.1) is 0 Å². The highest BCUT2D eigenvalue weighted by Crippen LogP contribution is 2.19. The average molecular weight is 317 g/mol. The molecule has 126 valence electrons. The summed E-state index contributed by atoms with van der Waals surface area (Å²) in [5.74, 6) is 0.109. The van der Waals surface area contributed by atoms with E-state index in [2.05, 4.69) is 46.7 Å². The Balaban J connectivity index is 1.42. The second kappa shape index (κ2) is 7.90. The lowest BCUT2D eigenvalue weighted by Gasteiger charge is -2.34. The summed E-state index contributed by atoms with van der Waals surface area (Å²) >= 11 is 0. The lowest BCUT2D eigenvalue weighted by molar-refractivity contribution is -0.122. The first-order valence-electron chi connectivity index (χ1n) is 8.61. The molecule has 0 aromatic heterocycles. The van der Waals surface area contributed by atoms with E-state index in [0.29, 0.717) is 25.6 Å². The molecule has 5 nitrogen and oxygen atoms in total. The van der Waals surface area contributed by atoms with E-state index in [-0.39, 0.29) is 11.9 Å². The summed E-state index contributed by atoms with van der Waals surface area (Å²) in [6, 6.07) is 9.15. The minimum atomic E-state index is 0.109. The van der Waals surface area contributed by atoms with Crippen LogP contribution in [0.3, 0.4) is 0 Å². The third-order valence-electron chi connectivity index (χ3n) is 4.81. The van der Waals surface area contributed by atoms with Gasteiger partial charge in [0.1, 0.15) is 0 Å². The molecule has 2 unspecified atom stereocenters. The SMILES string of the molecule is CC(CNC(=O)CC1COCCN1)N1CCc2ccccc2C1. The molecule has 0 aliphatic carbocycles. The van der Waals surface area contributed by atoms with E-state index in [4.69, 9.17) is 4.74 Å². The average Bonchev–Trinajstić information content (AvgIpc) is 2.60. The third-order valence-corrected chi connectivity index (χ3v) is 4.81. The Kier molecular flexibility index (Phi) is 5.65. The van der Waals surface area contributed by atoms with Gasteiger partial charge in [0.2, 0.25) is 5.91 Å². The Morgan fingerprint density at radius 2 is 2.26 bits per heavy atom. The molecule has 1 amide bonds. The number of amides is 1. The molecule has 23 heavy (non-hydrogen) atoms. The molecule has 0 bridgehead atoms. The molecular weight excluding hydrogens is 290 g/mol. The zero-order chi connectivity index (χ0) is 16.1. The maximum absolute atomic E-state index is 12.1. The fourth-order valence-corrected chi connectivity index (χ4v) is 3.33. The second-order valence-electron chi connectivity index (χ2n) is 6.57. The van der Waals surface area contributed by atoms with Crippen LogP contribution in [0.15, 0.2) is 24.3 Å². The van der Waals surface area contributed by atoms with Crippen molar-refractivity contribution in [2.45, 2.75) is 38.4 Å². The minimum absolute atomic E-state index is 0.109. The van der Waals surface area contributed by atoms with Crippen LogP contribution in [0.4, 0.5) is 0 Å². The number of carbonyl (C=O) groups is 1. The predicted octanol–water partition coefficient (Wildman–Crippen LogP) is 0.928. The molecule has 2 atom stereocenters. The van der Waals surface area contributed by atoms with E-state index < -0.39 is 0 Å². The van der Waals surface area contributed by atoms with Crippen LogP contribution in [0.2, 0.25) is 0 Å². The summed E-state index contributed by atoms with van der Waals surface area (Å²) in [5, 5.41) is 6.39. The Bertz CT molecular complexity index is 529. The van der Waals surface area contributed by atoms with Crippen molar-refractivity contribution in [1.82, 2.24) is 15.5 Å². The predicted molar refractivity (Wildman–Crippen MR) is 90.3 cm³/mol. The molecule has 2 N–H and O–H groups in total. The van der Waals surface area contributed by atoms with Gasteiger partial charge in [0.05, 0.1) is 13.2 Å². The molecule has 0 radical (unpaired) electrons. The van der Waals surface area contributed by atoms with Gasteiger partial charge in [0.15, 0.2) is 0 Å². The molecule has 5 heteroatoms. The van der Waals surface area contributed by atoms with Gasteiger partial charge in [-0.05, 0) is 24.5 Å². The lowest BCUT2D eigenvalue weighted by Crippen LogP contribution is -2.47. The zero-order valence-electron chi connectivity index (χ0n) is 13.9. The van der Waals surface area contributed by atoms with Crippen molar-refractivity contribution in [3.05, 3.63) is 35.4 Å². The van der Waals surface area contributed by atoms with Crippen LogP contribution in [-0.2, 0) is 22.5 Å². The monoisotopic (exact) mass is 317 g/mol. The molecule has 3 rings (SSSR count). The number of hydrogen-bond acceptors (Lipinski definition) is 4. The van der Waals surface area contributed by atoms with Crippen LogP contribution in [0.1, 0.15) is 24.5 Å². The molecule has 1 aromatic rings. The van der Waals surface area contributed by atoms with E-state index in [0.717, 1.165) is 32.7 Å². The van der Waals surface area contributed by atoms with Crippen molar-refractivity contribution >= 4 is 5.91 Å². The van der Waals surface area contributed by atoms with Gasteiger partial charge < -0.3 is 15.4 Å². The van der Waals surface area contributed by atoms with Gasteiger partial charge in [-0.1, -0.05) is 24.3 Å². The van der Waals surface area contributed by atoms with Crippen molar-refractivity contribution in [2.24, 2.45) is 0 Å². The number of nitrogens with one attached hydrogen (secondary N) is 2. The first-order chi connectivity index (χ1) is 11.2. The molecule has 0 spiro atoms. The maximum Gasteiger partial charge on any atom is 0.221 e. The number of morpholine rings is 1. The second-order valence-corrected chi connectivity index (χ2v) is 6.57. The summed E-state index contributed by atoms with van der Waals surface area (Å²) < 4.78 is 5.39. The Hall–Kier alpha value is -1.43. The first kappa shape index (κ1) is 16.4. The molecule has 0 saturated carbocycles. The van der Waals surface area contributed by atoms with E-state index in [9.17, 15) is 4.79 Å². The molecular formula is C18H27N3O2. The van der Waals surface area contributed by atoms with Crippen LogP contribution >= 0.6 is 0 Å². The van der Waals surface area contributed by atoms with Crippen molar-refractivity contribution < 1.29 is 9.53 Å². The highest BCUT2D eigenvalue weighted by Gasteiger charge is 2.21. The summed E-state index contributed by atoms with van der Waals surface area (Å²) in [4.78, 5) is 14.5. The molecule has 2 aliphatic heterocycles. The molecule has 2 aliphatic rings. The fourth-order valence-electron chi connectivity index (χ4n) is 3.33. The molecule has 1 saturated heterocycles. The summed E-state index contributed by atoms with van der Waals surface area (Å²) in [6.07, 6.45) is 1.59. The summed E-state index contributed by atoms with van der Waals surface area (Å²) in [5.41, 5.74) is 2.88. The van der Waals surface area contributed by atoms with Gasteiger partial charge in [-0.2, -0.15) is 0 Å². The quantitative estimate of drug-likeness (QED) is 0.848. The number of ether oxygens (including phenoxy) is 1. The Morgan fingerprint density at radius 3 is 3.04 bits per heavy atom. The van der Waals surface area contributed by atoms with Gasteiger partial charge in [-0.3, -0.25) is 9.69 Å². The highest BCUT2D eigenvalue weighted by atomic mass is 16.5. The van der Waals surface area contributed by atoms with Gasteiger partial charge >= 0.3 is 0 Å². The number of nitrogens with zero attached hydrogens (tertiary/aromatic N) is 1. The number of hydrogen-bond donors (Lipinski definition) is 2. The smallest absolute Gasteiger partial charge is 0.221 e. The van der Waals surface area contributed by atoms with Crippen LogP contribution < -0.4 is 10.6 Å². The topological polar surface area (TPSA) is 53.6 Å². The fraction of sp³-hybridized carbons (Fsp3) is 0.611. The Labute approximate surface area is 138 Å². The first-order valence-corrected chi connectivity index (χ1v) is 8.61. The number of rotatable bonds is 5. The zero-order valence-corrected chi connectivity index (χ0v) is 13.9. The van der Waals surface area contributed by atoms with Crippen molar-refractivity contribution in [3.8, 4) is 0 Å². The maximum atomic E-state index is 12.1. The van der Waals surface area contributed by atoms with E-state index in [1.807, 2.05) is 0 Å². The minimum Gasteiger partial charge on any atom is -0.378 e. The van der Waals surface area contributed by atoms with Crippen molar-refractivity contribution in [1.29, 1.82) is 0 Å². The van der Waals surface area contributed by atoms with Gasteiger partial charge in [0.25, 0.3) is 0 Å². The van der Waals surface area contributed by atoms with Gasteiger partial charge in [-0.15, -0.1) is 0 Å².